The molecule has 0 spiro atoms. The first-order chi connectivity index (χ1) is 16.7. The molecule has 1 aromatic heterocycles. The highest BCUT2D eigenvalue weighted by Gasteiger charge is 2.37. The van der Waals surface area contributed by atoms with Crippen LogP contribution in [0.2, 0.25) is 0 Å². The van der Waals surface area contributed by atoms with E-state index in [9.17, 15) is 36.2 Å². The maximum Gasteiger partial charge on any atom is 0.416 e. The molecule has 2 aromatic carbocycles. The third-order valence-electron chi connectivity index (χ3n) is 4.73. The second-order valence-electron chi connectivity index (χ2n) is 7.96. The number of aromatic nitrogens is 2. The van der Waals surface area contributed by atoms with E-state index in [-0.39, 0.29) is 31.0 Å². The molecule has 0 fully saturated rings. The molecule has 0 radical (unpaired) electrons. The van der Waals surface area contributed by atoms with Crippen LogP contribution in [0.25, 0.3) is 11.5 Å². The number of carboxylic acid groups (broad SMARTS) is 1. The molecule has 1 heterocycles. The van der Waals surface area contributed by atoms with E-state index in [1.165, 1.54) is 0 Å². The Hall–Kier alpha value is -3.61. The highest BCUT2D eigenvalue weighted by atomic mass is 19.4. The molecule has 7 nitrogen and oxygen atoms in total. The summed E-state index contributed by atoms with van der Waals surface area (Å²) in [6, 6.07) is 7.32. The zero-order chi connectivity index (χ0) is 26.7. The van der Waals surface area contributed by atoms with Crippen LogP contribution >= 0.6 is 0 Å². The van der Waals surface area contributed by atoms with Gasteiger partial charge in [-0.05, 0) is 49.7 Å². The summed E-state index contributed by atoms with van der Waals surface area (Å²) in [7, 11) is 0. The number of nitrogens with zero attached hydrogens (tertiary/aromatic N) is 2. The summed E-state index contributed by atoms with van der Waals surface area (Å²) in [5.41, 5.74) is -2.89. The highest BCUT2D eigenvalue weighted by molar-refractivity contribution is 5.72. The molecular formula is C23H20F6N2O5. The fourth-order valence-corrected chi connectivity index (χ4v) is 3.11. The van der Waals surface area contributed by atoms with Gasteiger partial charge in [-0.15, -0.1) is 0 Å². The fraction of sp³-hybridized carbons (Fsp3) is 0.348. The van der Waals surface area contributed by atoms with Gasteiger partial charge in [0.25, 0.3) is 5.89 Å². The van der Waals surface area contributed by atoms with Gasteiger partial charge in [-0.2, -0.15) is 31.3 Å². The molecule has 0 unspecified atom stereocenters. The maximum atomic E-state index is 13.1. The Kier molecular flexibility index (Phi) is 7.92. The van der Waals surface area contributed by atoms with Crippen molar-refractivity contribution in [2.75, 3.05) is 0 Å². The number of hydrogen-bond donors (Lipinski definition) is 1. The van der Waals surface area contributed by atoms with Crippen LogP contribution in [0.1, 0.15) is 36.4 Å². The number of carboxylic acids is 1. The predicted molar refractivity (Wildman–Crippen MR) is 112 cm³/mol. The largest absolute Gasteiger partial charge is 0.485 e. The van der Waals surface area contributed by atoms with Gasteiger partial charge in [0.15, 0.2) is 12.7 Å². The zero-order valence-corrected chi connectivity index (χ0v) is 18.9. The molecule has 0 bridgehead atoms. The van der Waals surface area contributed by atoms with Crippen molar-refractivity contribution in [1.82, 2.24) is 10.1 Å². The monoisotopic (exact) mass is 518 g/mol. The van der Waals surface area contributed by atoms with E-state index in [1.807, 2.05) is 0 Å². The number of halogens is 6. The van der Waals surface area contributed by atoms with E-state index >= 15 is 0 Å². The first-order valence-corrected chi connectivity index (χ1v) is 10.4. The Labute approximate surface area is 200 Å². The van der Waals surface area contributed by atoms with Gasteiger partial charge in [0.05, 0.1) is 17.2 Å². The lowest BCUT2D eigenvalue weighted by Crippen LogP contribution is -2.29. The Morgan fingerprint density at radius 2 is 1.58 bits per heavy atom. The zero-order valence-electron chi connectivity index (χ0n) is 18.9. The Balaban J connectivity index is 1.70. The lowest BCUT2D eigenvalue weighted by atomic mass is 10.0. The minimum absolute atomic E-state index is 0.00117. The highest BCUT2D eigenvalue weighted by Crippen LogP contribution is 2.38. The predicted octanol–water partition coefficient (Wildman–Crippen LogP) is 5.77. The summed E-state index contributed by atoms with van der Waals surface area (Å²) >= 11 is 0. The molecule has 13 heteroatoms. The van der Waals surface area contributed by atoms with E-state index in [1.54, 1.807) is 38.1 Å². The number of ether oxygens (including phenoxy) is 2. The van der Waals surface area contributed by atoms with E-state index in [0.717, 1.165) is 0 Å². The number of hydrogen-bond acceptors (Lipinski definition) is 6. The smallest absolute Gasteiger partial charge is 0.416 e. The molecule has 0 saturated heterocycles. The van der Waals surface area contributed by atoms with Crippen molar-refractivity contribution >= 4 is 5.97 Å². The summed E-state index contributed by atoms with van der Waals surface area (Å²) in [4.78, 5) is 15.1. The number of benzene rings is 2. The first kappa shape index (κ1) is 27.0. The quantitative estimate of drug-likeness (QED) is 0.359. The third kappa shape index (κ3) is 7.20. The van der Waals surface area contributed by atoms with Crippen molar-refractivity contribution in [2.24, 2.45) is 0 Å². The summed E-state index contributed by atoms with van der Waals surface area (Å²) in [5, 5.41) is 12.8. The van der Waals surface area contributed by atoms with Crippen molar-refractivity contribution in [3.05, 3.63) is 65.0 Å². The SMILES string of the molecule is CC(C)O[C@@H](Cc1ccc(OCc2noc(-c3cc(C(F)(F)F)cc(C(F)(F)F)c3)n2)cc1)C(=O)O. The average Bonchev–Trinajstić information content (AvgIpc) is 3.25. The van der Waals surface area contributed by atoms with Gasteiger partial charge in [0, 0.05) is 12.0 Å². The second kappa shape index (κ2) is 10.6. The maximum absolute atomic E-state index is 13.1. The molecule has 3 rings (SSSR count). The third-order valence-corrected chi connectivity index (χ3v) is 4.73. The fourth-order valence-electron chi connectivity index (χ4n) is 3.11. The van der Waals surface area contributed by atoms with Crippen LogP contribution in [0, 0.1) is 0 Å². The van der Waals surface area contributed by atoms with E-state index < -0.39 is 47.0 Å². The molecule has 36 heavy (non-hydrogen) atoms. The van der Waals surface area contributed by atoms with Gasteiger partial charge in [0.1, 0.15) is 5.75 Å². The van der Waals surface area contributed by atoms with Crippen LogP contribution in [0.15, 0.2) is 47.0 Å². The van der Waals surface area contributed by atoms with Crippen molar-refractivity contribution in [3.63, 3.8) is 0 Å². The molecule has 3 aromatic rings. The van der Waals surface area contributed by atoms with Crippen LogP contribution in [0.5, 0.6) is 5.75 Å². The van der Waals surface area contributed by atoms with E-state index in [4.69, 9.17) is 14.0 Å². The van der Waals surface area contributed by atoms with Crippen molar-refractivity contribution in [3.8, 4) is 17.2 Å². The second-order valence-corrected chi connectivity index (χ2v) is 7.96. The summed E-state index contributed by atoms with van der Waals surface area (Å²) in [6.45, 7) is 3.15. The van der Waals surface area contributed by atoms with Crippen molar-refractivity contribution < 1.29 is 50.2 Å². The lowest BCUT2D eigenvalue weighted by Gasteiger charge is -2.16. The molecule has 0 aliphatic heterocycles. The normalized spacial score (nSPS) is 13.1. The van der Waals surface area contributed by atoms with Crippen LogP contribution in [-0.2, 0) is 34.9 Å². The molecule has 1 N–H and O–H groups in total. The lowest BCUT2D eigenvalue weighted by molar-refractivity contribution is -0.153. The number of aliphatic carboxylic acids is 1. The van der Waals surface area contributed by atoms with Gasteiger partial charge in [-0.1, -0.05) is 17.3 Å². The van der Waals surface area contributed by atoms with Gasteiger partial charge in [-0.3, -0.25) is 0 Å². The summed E-state index contributed by atoms with van der Waals surface area (Å²) in [6.07, 6.45) is -11.2. The van der Waals surface area contributed by atoms with Crippen LogP contribution in [0.3, 0.4) is 0 Å². The summed E-state index contributed by atoms with van der Waals surface area (Å²) < 4.78 is 94.1. The Morgan fingerprint density at radius 3 is 2.08 bits per heavy atom. The van der Waals surface area contributed by atoms with Crippen LogP contribution in [-0.4, -0.2) is 33.4 Å². The van der Waals surface area contributed by atoms with Crippen molar-refractivity contribution in [2.45, 2.75) is 51.4 Å². The van der Waals surface area contributed by atoms with Gasteiger partial charge in [-0.25, -0.2) is 4.79 Å². The molecule has 0 amide bonds. The van der Waals surface area contributed by atoms with Gasteiger partial charge < -0.3 is 19.1 Å². The van der Waals surface area contributed by atoms with Gasteiger partial charge >= 0.3 is 18.3 Å². The van der Waals surface area contributed by atoms with E-state index in [0.29, 0.717) is 23.4 Å². The molecule has 194 valence electrons. The van der Waals surface area contributed by atoms with Crippen molar-refractivity contribution in [1.29, 1.82) is 0 Å². The van der Waals surface area contributed by atoms with Crippen LogP contribution < -0.4 is 4.74 Å². The van der Waals surface area contributed by atoms with E-state index in [2.05, 4.69) is 10.1 Å². The standard InChI is InChI=1S/C23H20F6N2O5/c1-12(2)35-18(21(32)33)7-13-3-5-17(6-4-13)34-11-19-30-20(36-31-19)14-8-15(22(24,25)26)10-16(9-14)23(27,28)29/h3-6,8-10,12,18H,7,11H2,1-2H3,(H,32,33)/t18-/m0/s1. The minimum atomic E-state index is -5.01. The molecular weight excluding hydrogens is 498 g/mol. The van der Waals surface area contributed by atoms with Gasteiger partial charge in [0.2, 0.25) is 5.82 Å². The first-order valence-electron chi connectivity index (χ1n) is 10.4. The molecule has 0 aliphatic rings. The topological polar surface area (TPSA) is 94.7 Å². The molecule has 0 aliphatic carbocycles. The molecule has 1 atom stereocenters. The average molecular weight is 518 g/mol. The number of rotatable bonds is 9. The Morgan fingerprint density at radius 1 is 1.00 bits per heavy atom. The minimum Gasteiger partial charge on any atom is -0.485 e. The molecule has 0 saturated carbocycles. The number of carbonyl (C=O) groups is 1. The number of alkyl halides is 6. The van der Waals surface area contributed by atoms with Crippen LogP contribution in [0.4, 0.5) is 26.3 Å². The Bertz CT molecular complexity index is 1160. The summed E-state index contributed by atoms with van der Waals surface area (Å²) in [5.74, 6) is -1.41.